The molecule has 0 spiro atoms. The first-order valence-corrected chi connectivity index (χ1v) is 12.4. The number of pyridine rings is 1. The number of aliphatic hydroxyl groups excluding tert-OH is 1. The number of hydrogen-bond acceptors (Lipinski definition) is 8. The van der Waals surface area contributed by atoms with Crippen LogP contribution >= 0.6 is 11.6 Å². The highest BCUT2D eigenvalue weighted by atomic mass is 35.5. The molecular formula is C26H27ClF2N4O6. The van der Waals surface area contributed by atoms with Gasteiger partial charge < -0.3 is 24.4 Å². The third-order valence-electron chi connectivity index (χ3n) is 6.28. The summed E-state index contributed by atoms with van der Waals surface area (Å²) in [5.41, 5.74) is -2.02. The van der Waals surface area contributed by atoms with Crippen molar-refractivity contribution in [1.29, 1.82) is 0 Å². The van der Waals surface area contributed by atoms with Crippen LogP contribution in [0.4, 0.5) is 25.0 Å². The first-order valence-electron chi connectivity index (χ1n) is 12.0. The average molecular weight is 565 g/mol. The summed E-state index contributed by atoms with van der Waals surface area (Å²) in [6, 6.07) is 4.47. The number of carbonyl (C=O) groups is 1. The number of anilines is 1. The molecular weight excluding hydrogens is 538 g/mol. The maximum absolute atomic E-state index is 16.0. The molecule has 0 saturated carbocycles. The number of ether oxygens (including phenoxy) is 2. The van der Waals surface area contributed by atoms with Crippen LogP contribution in [0.3, 0.4) is 0 Å². The molecule has 2 heterocycles. The van der Waals surface area contributed by atoms with E-state index in [1.807, 2.05) is 0 Å². The molecule has 1 saturated heterocycles. The van der Waals surface area contributed by atoms with Crippen LogP contribution in [-0.4, -0.2) is 71.0 Å². The van der Waals surface area contributed by atoms with Crippen LogP contribution in [0.5, 0.6) is 5.75 Å². The Morgan fingerprint density at radius 3 is 2.62 bits per heavy atom. The largest absolute Gasteiger partial charge is 0.496 e. The summed E-state index contributed by atoms with van der Waals surface area (Å²) in [7, 11) is 1.30. The number of aliphatic hydroxyl groups is 1. The fourth-order valence-electron chi connectivity index (χ4n) is 4.62. The van der Waals surface area contributed by atoms with Crippen LogP contribution in [0, 0.1) is 21.7 Å². The molecule has 1 fully saturated rings. The van der Waals surface area contributed by atoms with E-state index in [1.165, 1.54) is 35.1 Å². The molecule has 1 aliphatic rings. The lowest BCUT2D eigenvalue weighted by molar-refractivity contribution is -0.384. The van der Waals surface area contributed by atoms with Gasteiger partial charge in [0.1, 0.15) is 34.6 Å². The zero-order valence-corrected chi connectivity index (χ0v) is 22.5. The van der Waals surface area contributed by atoms with Gasteiger partial charge in [-0.25, -0.2) is 18.6 Å². The Morgan fingerprint density at radius 1 is 1.28 bits per heavy atom. The van der Waals surface area contributed by atoms with Gasteiger partial charge in [0.15, 0.2) is 5.82 Å². The van der Waals surface area contributed by atoms with E-state index in [2.05, 4.69) is 4.98 Å². The number of amides is 1. The van der Waals surface area contributed by atoms with Gasteiger partial charge in [0, 0.05) is 30.6 Å². The van der Waals surface area contributed by atoms with Gasteiger partial charge in [0.25, 0.3) is 0 Å². The summed E-state index contributed by atoms with van der Waals surface area (Å²) < 4.78 is 41.5. The van der Waals surface area contributed by atoms with Crippen molar-refractivity contribution in [2.24, 2.45) is 0 Å². The minimum Gasteiger partial charge on any atom is -0.496 e. The second-order valence-corrected chi connectivity index (χ2v) is 10.4. The molecule has 0 radical (unpaired) electrons. The molecule has 3 aromatic rings. The Labute approximate surface area is 227 Å². The Hall–Kier alpha value is -3.77. The van der Waals surface area contributed by atoms with Crippen molar-refractivity contribution >= 4 is 40.0 Å². The molecule has 1 unspecified atom stereocenters. The van der Waals surface area contributed by atoms with Gasteiger partial charge in [0.05, 0.1) is 35.3 Å². The van der Waals surface area contributed by atoms with Crippen molar-refractivity contribution in [3.63, 3.8) is 0 Å². The third-order valence-corrected chi connectivity index (χ3v) is 6.58. The molecule has 1 N–H and O–H groups in total. The van der Waals surface area contributed by atoms with E-state index in [9.17, 15) is 24.4 Å². The lowest BCUT2D eigenvalue weighted by Gasteiger charge is -2.42. The smallest absolute Gasteiger partial charge is 0.410 e. The lowest BCUT2D eigenvalue weighted by atomic mass is 9.99. The van der Waals surface area contributed by atoms with Gasteiger partial charge in [0.2, 0.25) is 0 Å². The van der Waals surface area contributed by atoms with E-state index in [4.69, 9.17) is 21.1 Å². The lowest BCUT2D eigenvalue weighted by Crippen LogP contribution is -2.57. The minimum atomic E-state index is -0.995. The fourth-order valence-corrected chi connectivity index (χ4v) is 4.91. The van der Waals surface area contributed by atoms with Crippen molar-refractivity contribution < 1.29 is 33.1 Å². The van der Waals surface area contributed by atoms with Crippen LogP contribution < -0.4 is 9.64 Å². The van der Waals surface area contributed by atoms with E-state index < -0.39 is 46.6 Å². The van der Waals surface area contributed by atoms with E-state index in [1.54, 1.807) is 20.8 Å². The second kappa shape index (κ2) is 10.8. The minimum absolute atomic E-state index is 0.00470. The van der Waals surface area contributed by atoms with E-state index in [0.717, 1.165) is 12.3 Å². The fraction of sp³-hybridized carbons (Fsp3) is 0.385. The highest BCUT2D eigenvalue weighted by Crippen LogP contribution is 2.45. The second-order valence-electron chi connectivity index (χ2n) is 9.97. The van der Waals surface area contributed by atoms with Crippen molar-refractivity contribution in [3.8, 4) is 16.9 Å². The van der Waals surface area contributed by atoms with Gasteiger partial charge in [-0.2, -0.15) is 0 Å². The number of aromatic nitrogens is 1. The topological polar surface area (TPSA) is 118 Å². The van der Waals surface area contributed by atoms with Crippen molar-refractivity contribution in [1.82, 2.24) is 9.88 Å². The van der Waals surface area contributed by atoms with Crippen LogP contribution in [0.15, 0.2) is 30.5 Å². The average Bonchev–Trinajstić information content (AvgIpc) is 2.87. The predicted molar refractivity (Wildman–Crippen MR) is 141 cm³/mol. The van der Waals surface area contributed by atoms with Crippen molar-refractivity contribution in [2.75, 3.05) is 38.3 Å². The molecule has 1 amide bonds. The van der Waals surface area contributed by atoms with Crippen molar-refractivity contribution in [3.05, 3.63) is 57.2 Å². The SMILES string of the molecule is COc1cccc(F)c1-c1c(Cl)cc2c(N3CCN(C(=O)OC(C)(C)C)CC3CO)c([N+](=O)[O-])cnc2c1F. The molecule has 2 aromatic carbocycles. The monoisotopic (exact) mass is 564 g/mol. The number of fused-ring (bicyclic) bond motifs is 1. The number of halogens is 3. The summed E-state index contributed by atoms with van der Waals surface area (Å²) in [5.74, 6) is -1.74. The summed E-state index contributed by atoms with van der Waals surface area (Å²) >= 11 is 6.49. The van der Waals surface area contributed by atoms with Crippen LogP contribution in [0.25, 0.3) is 22.0 Å². The van der Waals surface area contributed by atoms with Crippen LogP contribution in [-0.2, 0) is 4.74 Å². The van der Waals surface area contributed by atoms with Gasteiger partial charge in [-0.1, -0.05) is 17.7 Å². The number of benzene rings is 2. The van der Waals surface area contributed by atoms with Gasteiger partial charge in [-0.15, -0.1) is 0 Å². The third kappa shape index (κ3) is 5.39. The maximum atomic E-state index is 16.0. The first-order chi connectivity index (χ1) is 18.4. The van der Waals surface area contributed by atoms with E-state index >= 15 is 4.39 Å². The number of rotatable bonds is 5. The zero-order chi connectivity index (χ0) is 28.6. The van der Waals surface area contributed by atoms with Crippen LogP contribution in [0.2, 0.25) is 5.02 Å². The number of nitrogens with zero attached hydrogens (tertiary/aromatic N) is 4. The molecule has 4 rings (SSSR count). The number of carbonyl (C=O) groups excluding carboxylic acids is 1. The molecule has 1 aromatic heterocycles. The number of piperazine rings is 1. The summed E-state index contributed by atoms with van der Waals surface area (Å²) in [6.07, 6.45) is 0.318. The highest BCUT2D eigenvalue weighted by molar-refractivity contribution is 6.34. The van der Waals surface area contributed by atoms with E-state index in [-0.39, 0.29) is 58.1 Å². The van der Waals surface area contributed by atoms with E-state index in [0.29, 0.717) is 0 Å². The standard InChI is InChI=1S/C26H27ClF2N4O6/c1-26(2,3)39-25(35)31-8-9-32(14(12-31)13-34)24-15-10-16(27)20(21-17(28)6-5-7-19(21)38-4)22(29)23(15)30-11-18(24)33(36)37/h5-7,10-11,14,34H,8-9,12-13H2,1-4H3. The zero-order valence-electron chi connectivity index (χ0n) is 21.7. The van der Waals surface area contributed by atoms with Gasteiger partial charge in [-0.3, -0.25) is 10.1 Å². The number of hydrogen-bond donors (Lipinski definition) is 1. The predicted octanol–water partition coefficient (Wildman–Crippen LogP) is 5.17. The highest BCUT2D eigenvalue weighted by Gasteiger charge is 2.36. The Bertz CT molecular complexity index is 1450. The first kappa shape index (κ1) is 28.2. The maximum Gasteiger partial charge on any atom is 0.410 e. The molecule has 1 aliphatic heterocycles. The van der Waals surface area contributed by atoms with Crippen LogP contribution in [0.1, 0.15) is 20.8 Å². The molecule has 0 bridgehead atoms. The normalized spacial score (nSPS) is 15.9. The number of nitro groups is 1. The summed E-state index contributed by atoms with van der Waals surface area (Å²) in [6.45, 7) is 4.87. The molecule has 208 valence electrons. The van der Waals surface area contributed by atoms with Crippen molar-refractivity contribution in [2.45, 2.75) is 32.4 Å². The Morgan fingerprint density at radius 2 is 2.00 bits per heavy atom. The Balaban J connectivity index is 1.87. The molecule has 10 nitrogen and oxygen atoms in total. The number of methoxy groups -OCH3 is 1. The molecule has 1 atom stereocenters. The summed E-state index contributed by atoms with van der Waals surface area (Å²) in [4.78, 5) is 30.9. The molecule has 13 heteroatoms. The summed E-state index contributed by atoms with van der Waals surface area (Å²) in [5, 5.41) is 22.0. The van der Waals surface area contributed by atoms with Gasteiger partial charge >= 0.3 is 11.8 Å². The van der Waals surface area contributed by atoms with Gasteiger partial charge in [-0.05, 0) is 39.0 Å². The quantitative estimate of drug-likeness (QED) is 0.333. The Kier molecular flexibility index (Phi) is 7.80. The molecule has 0 aliphatic carbocycles. The molecule has 39 heavy (non-hydrogen) atoms.